The van der Waals surface area contributed by atoms with Crippen LogP contribution in [-0.2, 0) is 0 Å². The summed E-state index contributed by atoms with van der Waals surface area (Å²) in [5, 5.41) is 2.90. The van der Waals surface area contributed by atoms with E-state index in [0.717, 1.165) is 13.1 Å². The van der Waals surface area contributed by atoms with Crippen molar-refractivity contribution in [2.24, 2.45) is 0 Å². The predicted molar refractivity (Wildman–Crippen MR) is 153 cm³/mol. The molecule has 0 amide bonds. The Morgan fingerprint density at radius 1 is 0.500 bits per heavy atom. The first-order chi connectivity index (χ1) is 16.6. The maximum atomic E-state index is 2.76. The predicted octanol–water partition coefficient (Wildman–Crippen LogP) is 7.61. The van der Waals surface area contributed by atoms with Crippen molar-refractivity contribution in [3.05, 3.63) is 119 Å². The average Bonchev–Trinajstić information content (AvgIpc) is 3.24. The summed E-state index contributed by atoms with van der Waals surface area (Å²) in [6, 6.07) is 35.9. The van der Waals surface area contributed by atoms with E-state index in [9.17, 15) is 0 Å². The van der Waals surface area contributed by atoms with E-state index in [0.29, 0.717) is 0 Å². The van der Waals surface area contributed by atoms with E-state index in [2.05, 4.69) is 134 Å². The quantitative estimate of drug-likeness (QED) is 0.270. The maximum absolute atomic E-state index is 2.76. The third-order valence-electron chi connectivity index (χ3n) is 6.53. The molecule has 0 spiro atoms. The van der Waals surface area contributed by atoms with Gasteiger partial charge in [0.25, 0.3) is 0 Å². The molecular formula is C30H32N2P2. The van der Waals surface area contributed by atoms with Crippen molar-refractivity contribution in [1.29, 1.82) is 0 Å². The maximum Gasteiger partial charge on any atom is 0.130 e. The summed E-state index contributed by atoms with van der Waals surface area (Å²) in [7, 11) is -1.28. The highest BCUT2D eigenvalue weighted by atomic mass is 32.1. The third-order valence-corrected chi connectivity index (χ3v) is 13.9. The van der Waals surface area contributed by atoms with Crippen LogP contribution in [0.5, 0.6) is 0 Å². The number of nitrogens with zero attached hydrogens (tertiary/aromatic N) is 2. The smallest absolute Gasteiger partial charge is 0.130 e. The minimum atomic E-state index is -0.674. The zero-order valence-electron chi connectivity index (χ0n) is 20.4. The van der Waals surface area contributed by atoms with E-state index in [1.165, 1.54) is 44.2 Å². The fraction of sp³-hybridized carbons (Fsp3) is 0.200. The van der Waals surface area contributed by atoms with Gasteiger partial charge in [0.05, 0.1) is 0 Å². The van der Waals surface area contributed by atoms with Gasteiger partial charge in [0.1, 0.15) is 7.91 Å². The normalized spacial score (nSPS) is 14.3. The Morgan fingerprint density at radius 3 is 1.21 bits per heavy atom. The second kappa shape index (κ2) is 9.91. The zero-order valence-corrected chi connectivity index (χ0v) is 22.2. The van der Waals surface area contributed by atoms with Crippen molar-refractivity contribution in [3.8, 4) is 0 Å². The lowest BCUT2D eigenvalue weighted by Crippen LogP contribution is -2.23. The van der Waals surface area contributed by atoms with Crippen LogP contribution in [0.1, 0.15) is 22.3 Å². The molecule has 34 heavy (non-hydrogen) atoms. The Bertz CT molecular complexity index is 1130. The Hall–Kier alpha value is -2.66. The SMILES string of the molecule is Cc1cccc(C)c1N1CCN(c2c(C)cccc2C)P1P(c1ccccc1)c1ccccc1. The summed E-state index contributed by atoms with van der Waals surface area (Å²) in [4.78, 5) is 0. The van der Waals surface area contributed by atoms with Gasteiger partial charge < -0.3 is 9.34 Å². The Kier molecular flexibility index (Phi) is 6.73. The zero-order chi connectivity index (χ0) is 23.7. The van der Waals surface area contributed by atoms with Crippen molar-refractivity contribution < 1.29 is 0 Å². The molecule has 4 heteroatoms. The number of para-hydroxylation sites is 2. The van der Waals surface area contributed by atoms with Crippen molar-refractivity contribution >= 4 is 37.5 Å². The second-order valence-corrected chi connectivity index (χ2v) is 14.4. The second-order valence-electron chi connectivity index (χ2n) is 8.98. The molecule has 0 aromatic heterocycles. The molecule has 1 heterocycles. The van der Waals surface area contributed by atoms with Gasteiger partial charge in [-0.15, -0.1) is 0 Å². The standard InChI is InChI=1S/C30H32N2P2/c1-23-13-11-14-24(2)29(23)31-21-22-32(30-25(3)15-12-16-26(30)4)34(31)33(27-17-7-5-8-18-27)28-19-9-6-10-20-28/h5-20H,21-22H2,1-4H3. The van der Waals surface area contributed by atoms with Gasteiger partial charge in [-0.05, 0) is 60.6 Å². The van der Waals surface area contributed by atoms with Crippen LogP contribution in [0.4, 0.5) is 11.4 Å². The van der Waals surface area contributed by atoms with E-state index in [1.807, 2.05) is 0 Å². The molecule has 4 aromatic carbocycles. The monoisotopic (exact) mass is 482 g/mol. The number of hydrogen-bond acceptors (Lipinski definition) is 2. The summed E-state index contributed by atoms with van der Waals surface area (Å²) in [5.41, 5.74) is 8.31. The topological polar surface area (TPSA) is 6.48 Å². The van der Waals surface area contributed by atoms with Gasteiger partial charge in [0, 0.05) is 32.1 Å². The largest absolute Gasteiger partial charge is 0.328 e. The lowest BCUT2D eigenvalue weighted by molar-refractivity contribution is 1.01. The minimum Gasteiger partial charge on any atom is -0.328 e. The molecule has 0 aliphatic carbocycles. The van der Waals surface area contributed by atoms with E-state index in [1.54, 1.807) is 0 Å². The molecule has 1 aliphatic heterocycles. The summed E-state index contributed by atoms with van der Waals surface area (Å²) in [6.45, 7) is 11.2. The van der Waals surface area contributed by atoms with Gasteiger partial charge in [-0.25, -0.2) is 0 Å². The Labute approximate surface area is 206 Å². The van der Waals surface area contributed by atoms with E-state index >= 15 is 0 Å². The molecule has 172 valence electrons. The highest BCUT2D eigenvalue weighted by Crippen LogP contribution is 2.74. The Morgan fingerprint density at radius 2 is 0.853 bits per heavy atom. The molecular weight excluding hydrogens is 450 g/mol. The van der Waals surface area contributed by atoms with Gasteiger partial charge in [0.15, 0.2) is 0 Å². The first kappa shape index (κ1) is 23.1. The fourth-order valence-corrected chi connectivity index (χ4v) is 13.3. The first-order valence-corrected chi connectivity index (χ1v) is 15.2. The van der Waals surface area contributed by atoms with Crippen LogP contribution in [0.3, 0.4) is 0 Å². The molecule has 0 saturated carbocycles. The molecule has 4 aromatic rings. The van der Waals surface area contributed by atoms with Crippen molar-refractivity contribution in [1.82, 2.24) is 0 Å². The van der Waals surface area contributed by atoms with Gasteiger partial charge in [-0.3, -0.25) is 0 Å². The van der Waals surface area contributed by atoms with E-state index in [4.69, 9.17) is 0 Å². The molecule has 0 bridgehead atoms. The molecule has 2 nitrogen and oxygen atoms in total. The van der Waals surface area contributed by atoms with Gasteiger partial charge >= 0.3 is 0 Å². The molecule has 0 radical (unpaired) electrons. The van der Waals surface area contributed by atoms with Crippen LogP contribution in [0.15, 0.2) is 97.1 Å². The van der Waals surface area contributed by atoms with Gasteiger partial charge in [-0.1, -0.05) is 97.1 Å². The lowest BCUT2D eigenvalue weighted by Gasteiger charge is -2.40. The summed E-state index contributed by atoms with van der Waals surface area (Å²) < 4.78 is 5.52. The number of aryl methyl sites for hydroxylation is 4. The van der Waals surface area contributed by atoms with Crippen LogP contribution in [0.2, 0.25) is 0 Å². The van der Waals surface area contributed by atoms with Crippen molar-refractivity contribution in [2.75, 3.05) is 22.4 Å². The average molecular weight is 483 g/mol. The molecule has 0 N–H and O–H groups in total. The molecule has 0 atom stereocenters. The fourth-order valence-electron chi connectivity index (χ4n) is 5.04. The molecule has 0 unspecified atom stereocenters. The van der Waals surface area contributed by atoms with E-state index < -0.39 is 15.5 Å². The molecule has 5 rings (SSSR count). The number of hydrogen-bond donors (Lipinski definition) is 0. The van der Waals surface area contributed by atoms with Crippen LogP contribution >= 0.6 is 15.5 Å². The number of benzene rings is 4. The third kappa shape index (κ3) is 4.26. The van der Waals surface area contributed by atoms with Crippen LogP contribution in [-0.4, -0.2) is 13.1 Å². The van der Waals surface area contributed by atoms with Crippen LogP contribution in [0.25, 0.3) is 0 Å². The lowest BCUT2D eigenvalue weighted by atomic mass is 10.1. The molecule has 1 saturated heterocycles. The van der Waals surface area contributed by atoms with Crippen molar-refractivity contribution in [2.45, 2.75) is 27.7 Å². The van der Waals surface area contributed by atoms with Crippen LogP contribution < -0.4 is 19.9 Å². The summed E-state index contributed by atoms with van der Waals surface area (Å²) >= 11 is 0. The first-order valence-electron chi connectivity index (χ1n) is 11.9. The Balaban J connectivity index is 1.75. The van der Waals surface area contributed by atoms with E-state index in [-0.39, 0.29) is 0 Å². The number of anilines is 2. The van der Waals surface area contributed by atoms with Gasteiger partial charge in [-0.2, -0.15) is 0 Å². The molecule has 1 fully saturated rings. The van der Waals surface area contributed by atoms with Crippen LogP contribution in [0, 0.1) is 27.7 Å². The molecule has 1 aliphatic rings. The van der Waals surface area contributed by atoms with Gasteiger partial charge in [0.2, 0.25) is 0 Å². The highest BCUT2D eigenvalue weighted by Gasteiger charge is 2.42. The summed E-state index contributed by atoms with van der Waals surface area (Å²) in [6.07, 6.45) is 0. The minimum absolute atomic E-state index is 0.611. The number of rotatable bonds is 5. The van der Waals surface area contributed by atoms with Crippen molar-refractivity contribution in [3.63, 3.8) is 0 Å². The summed E-state index contributed by atoms with van der Waals surface area (Å²) in [5.74, 6) is 0. The highest BCUT2D eigenvalue weighted by molar-refractivity contribution is 8.37.